The number of hydrogen-bond acceptors (Lipinski definition) is 3. The van der Waals surface area contributed by atoms with E-state index in [1.165, 1.54) is 18.5 Å². The summed E-state index contributed by atoms with van der Waals surface area (Å²) in [7, 11) is 0. The predicted molar refractivity (Wildman–Crippen MR) is 93.3 cm³/mol. The molecule has 1 aliphatic heterocycles. The summed E-state index contributed by atoms with van der Waals surface area (Å²) in [5.41, 5.74) is 4.16. The molecule has 3 rings (SSSR count). The third-order valence-corrected chi connectivity index (χ3v) is 4.17. The molecule has 1 aliphatic rings. The fraction of sp³-hybridized carbons (Fsp3) is 0.263. The van der Waals surface area contributed by atoms with Crippen molar-refractivity contribution in [2.45, 2.75) is 19.8 Å². The number of carbonyl (C=O) groups is 1. The van der Waals surface area contributed by atoms with Gasteiger partial charge < -0.3 is 10.0 Å². The molecule has 0 amide bonds. The second-order valence-corrected chi connectivity index (χ2v) is 5.85. The summed E-state index contributed by atoms with van der Waals surface area (Å²) in [6.45, 7) is 4.19. The van der Waals surface area contributed by atoms with Crippen LogP contribution in [0.1, 0.15) is 34.3 Å². The monoisotopic (exact) mass is 308 g/mol. The molecule has 0 saturated carbocycles. The smallest absolute Gasteiger partial charge is 0.335 e. The maximum absolute atomic E-state index is 11.0. The van der Waals surface area contributed by atoms with E-state index in [4.69, 9.17) is 5.11 Å². The molecule has 4 nitrogen and oxygen atoms in total. The van der Waals surface area contributed by atoms with Crippen LogP contribution in [0.3, 0.4) is 0 Å². The quantitative estimate of drug-likeness (QED) is 0.867. The number of carboxylic acid groups (broad SMARTS) is 1. The van der Waals surface area contributed by atoms with Crippen LogP contribution < -0.4 is 4.90 Å². The minimum Gasteiger partial charge on any atom is -0.478 e. The lowest BCUT2D eigenvalue weighted by molar-refractivity contribution is 0.0697. The number of aryl methyl sites for hydroxylation is 1. The zero-order chi connectivity index (χ0) is 16.2. The van der Waals surface area contributed by atoms with Gasteiger partial charge in [-0.3, -0.25) is 4.99 Å². The lowest BCUT2D eigenvalue weighted by atomic mass is 10.1. The maximum Gasteiger partial charge on any atom is 0.335 e. The van der Waals surface area contributed by atoms with Gasteiger partial charge in [0, 0.05) is 25.0 Å². The SMILES string of the molecule is Cc1ccc(C(=O)O)cc1N=Cc1ccc(N2CCCC2)cc1. The summed E-state index contributed by atoms with van der Waals surface area (Å²) in [5, 5.41) is 9.06. The molecule has 2 aromatic carbocycles. The van der Waals surface area contributed by atoms with Gasteiger partial charge in [-0.2, -0.15) is 0 Å². The number of aromatic carboxylic acids is 1. The first-order valence-electron chi connectivity index (χ1n) is 7.86. The van der Waals surface area contributed by atoms with Gasteiger partial charge in [0.25, 0.3) is 0 Å². The van der Waals surface area contributed by atoms with Crippen LogP contribution in [0.5, 0.6) is 0 Å². The summed E-state index contributed by atoms with van der Waals surface area (Å²) >= 11 is 0. The Labute approximate surface area is 136 Å². The lowest BCUT2D eigenvalue weighted by Crippen LogP contribution is -2.17. The van der Waals surface area contributed by atoms with Crippen LogP contribution in [-0.4, -0.2) is 30.4 Å². The fourth-order valence-corrected chi connectivity index (χ4v) is 2.77. The summed E-state index contributed by atoms with van der Waals surface area (Å²) in [6.07, 6.45) is 4.31. The van der Waals surface area contributed by atoms with E-state index in [2.05, 4.69) is 22.0 Å². The molecule has 0 radical (unpaired) electrons. The molecule has 0 aromatic heterocycles. The van der Waals surface area contributed by atoms with Crippen molar-refractivity contribution in [3.8, 4) is 0 Å². The summed E-state index contributed by atoms with van der Waals surface area (Å²) < 4.78 is 0. The maximum atomic E-state index is 11.0. The molecule has 23 heavy (non-hydrogen) atoms. The third-order valence-electron chi connectivity index (χ3n) is 4.17. The number of nitrogens with zero attached hydrogens (tertiary/aromatic N) is 2. The largest absolute Gasteiger partial charge is 0.478 e. The Kier molecular flexibility index (Phi) is 4.42. The van der Waals surface area contributed by atoms with E-state index in [1.54, 1.807) is 24.4 Å². The first-order chi connectivity index (χ1) is 11.1. The molecular formula is C19H20N2O2. The van der Waals surface area contributed by atoms with Crippen LogP contribution in [0, 0.1) is 6.92 Å². The number of anilines is 1. The Bertz CT molecular complexity index is 730. The van der Waals surface area contributed by atoms with Crippen molar-refractivity contribution in [1.29, 1.82) is 0 Å². The van der Waals surface area contributed by atoms with Crippen molar-refractivity contribution in [1.82, 2.24) is 0 Å². The molecule has 0 spiro atoms. The van der Waals surface area contributed by atoms with Crippen LogP contribution in [0.25, 0.3) is 0 Å². The van der Waals surface area contributed by atoms with Gasteiger partial charge in [0.2, 0.25) is 0 Å². The average molecular weight is 308 g/mol. The molecule has 0 bridgehead atoms. The third kappa shape index (κ3) is 3.59. The molecule has 1 N–H and O–H groups in total. The highest BCUT2D eigenvalue weighted by atomic mass is 16.4. The van der Waals surface area contributed by atoms with Crippen molar-refractivity contribution in [2.75, 3.05) is 18.0 Å². The fourth-order valence-electron chi connectivity index (χ4n) is 2.77. The van der Waals surface area contributed by atoms with Crippen LogP contribution in [-0.2, 0) is 0 Å². The Morgan fingerprint density at radius 1 is 1.13 bits per heavy atom. The summed E-state index contributed by atoms with van der Waals surface area (Å²) in [5.74, 6) is -0.934. The lowest BCUT2D eigenvalue weighted by Gasteiger charge is -2.17. The Hall–Kier alpha value is -2.62. The number of hydrogen-bond donors (Lipinski definition) is 1. The summed E-state index contributed by atoms with van der Waals surface area (Å²) in [6, 6.07) is 13.3. The standard InChI is InChI=1S/C19H20N2O2/c1-14-4-7-16(19(22)23)12-18(14)20-13-15-5-8-17(9-6-15)21-10-2-3-11-21/h4-9,12-13H,2-3,10-11H2,1H3,(H,22,23). The first-order valence-corrected chi connectivity index (χ1v) is 7.86. The first kappa shape index (κ1) is 15.3. The molecule has 0 unspecified atom stereocenters. The van der Waals surface area contributed by atoms with Crippen molar-refractivity contribution in [3.63, 3.8) is 0 Å². The van der Waals surface area contributed by atoms with Gasteiger partial charge >= 0.3 is 5.97 Å². The topological polar surface area (TPSA) is 52.9 Å². The molecule has 2 aromatic rings. The highest BCUT2D eigenvalue weighted by Gasteiger charge is 2.11. The average Bonchev–Trinajstić information content (AvgIpc) is 3.09. The highest BCUT2D eigenvalue weighted by Crippen LogP contribution is 2.22. The van der Waals surface area contributed by atoms with Gasteiger partial charge in [-0.15, -0.1) is 0 Å². The van der Waals surface area contributed by atoms with E-state index in [-0.39, 0.29) is 5.56 Å². The predicted octanol–water partition coefficient (Wildman–Crippen LogP) is 4.04. The van der Waals surface area contributed by atoms with Crippen LogP contribution >= 0.6 is 0 Å². The minimum atomic E-state index is -0.934. The Morgan fingerprint density at radius 3 is 2.48 bits per heavy atom. The zero-order valence-electron chi connectivity index (χ0n) is 13.2. The van der Waals surface area contributed by atoms with Crippen molar-refractivity contribution in [3.05, 3.63) is 59.2 Å². The van der Waals surface area contributed by atoms with Crippen LogP contribution in [0.15, 0.2) is 47.5 Å². The van der Waals surface area contributed by atoms with Crippen molar-refractivity contribution < 1.29 is 9.90 Å². The molecule has 4 heteroatoms. The van der Waals surface area contributed by atoms with Crippen LogP contribution in [0.4, 0.5) is 11.4 Å². The second-order valence-electron chi connectivity index (χ2n) is 5.85. The molecule has 0 aliphatic carbocycles. The summed E-state index contributed by atoms with van der Waals surface area (Å²) in [4.78, 5) is 17.9. The number of aliphatic imine (C=N–C) groups is 1. The van der Waals surface area contributed by atoms with Gasteiger partial charge in [-0.25, -0.2) is 4.79 Å². The zero-order valence-corrected chi connectivity index (χ0v) is 13.2. The Morgan fingerprint density at radius 2 is 1.83 bits per heavy atom. The van der Waals surface area contributed by atoms with Gasteiger partial charge in [0.1, 0.15) is 0 Å². The number of benzene rings is 2. The van der Waals surface area contributed by atoms with E-state index in [9.17, 15) is 4.79 Å². The van der Waals surface area contributed by atoms with Crippen molar-refractivity contribution in [2.24, 2.45) is 4.99 Å². The van der Waals surface area contributed by atoms with Crippen LogP contribution in [0.2, 0.25) is 0 Å². The molecule has 1 fully saturated rings. The van der Waals surface area contributed by atoms with E-state index in [0.717, 1.165) is 24.2 Å². The minimum absolute atomic E-state index is 0.257. The van der Waals surface area contributed by atoms with Crippen molar-refractivity contribution >= 4 is 23.6 Å². The van der Waals surface area contributed by atoms with E-state index in [1.807, 2.05) is 19.1 Å². The molecule has 1 saturated heterocycles. The van der Waals surface area contributed by atoms with Gasteiger partial charge in [-0.1, -0.05) is 18.2 Å². The van der Waals surface area contributed by atoms with Gasteiger partial charge in [0.15, 0.2) is 0 Å². The number of rotatable bonds is 4. The van der Waals surface area contributed by atoms with Gasteiger partial charge in [-0.05, 0) is 55.2 Å². The molecular weight excluding hydrogens is 288 g/mol. The van der Waals surface area contributed by atoms with E-state index < -0.39 is 5.97 Å². The Balaban J connectivity index is 1.77. The molecule has 0 atom stereocenters. The van der Waals surface area contributed by atoms with E-state index >= 15 is 0 Å². The molecule has 1 heterocycles. The van der Waals surface area contributed by atoms with Gasteiger partial charge in [0.05, 0.1) is 11.3 Å². The molecule has 118 valence electrons. The highest BCUT2D eigenvalue weighted by molar-refractivity contribution is 5.90. The normalized spacial score (nSPS) is 14.6. The number of carboxylic acids is 1. The van der Waals surface area contributed by atoms with E-state index in [0.29, 0.717) is 5.69 Å². The second kappa shape index (κ2) is 6.65.